The number of nitrogens with zero attached hydrogens (tertiary/aromatic N) is 1. The Morgan fingerprint density at radius 3 is 2.32 bits per heavy atom. The number of amides is 3. The molecule has 144 valence electrons. The molecule has 1 fully saturated rings. The second kappa shape index (κ2) is 7.90. The summed E-state index contributed by atoms with van der Waals surface area (Å²) in [6.07, 6.45) is 1.60. The van der Waals surface area contributed by atoms with Gasteiger partial charge in [-0.1, -0.05) is 17.7 Å². The quantitative estimate of drug-likeness (QED) is 0.763. The highest BCUT2D eigenvalue weighted by Crippen LogP contribution is 2.33. The van der Waals surface area contributed by atoms with Crippen LogP contribution in [0.1, 0.15) is 22.3 Å². The van der Waals surface area contributed by atoms with Crippen molar-refractivity contribution in [3.05, 3.63) is 63.6 Å². The highest BCUT2D eigenvalue weighted by atomic mass is 32.2. The summed E-state index contributed by atoms with van der Waals surface area (Å²) in [7, 11) is 0. The molecule has 7 heteroatoms. The van der Waals surface area contributed by atoms with E-state index in [0.29, 0.717) is 22.4 Å². The zero-order valence-electron chi connectivity index (χ0n) is 15.8. The molecule has 2 N–H and O–H groups in total. The molecule has 0 unspecified atom stereocenters. The van der Waals surface area contributed by atoms with E-state index >= 15 is 0 Å². The maximum absolute atomic E-state index is 12.6. The van der Waals surface area contributed by atoms with Crippen molar-refractivity contribution in [2.75, 3.05) is 11.9 Å². The van der Waals surface area contributed by atoms with Crippen molar-refractivity contribution in [2.45, 2.75) is 20.8 Å². The lowest BCUT2D eigenvalue weighted by Crippen LogP contribution is -2.36. The molecule has 0 saturated carbocycles. The highest BCUT2D eigenvalue weighted by Gasteiger charge is 2.36. The van der Waals surface area contributed by atoms with E-state index in [2.05, 4.69) is 5.32 Å². The lowest BCUT2D eigenvalue weighted by molar-refractivity contribution is -0.127. The number of imide groups is 1. The van der Waals surface area contributed by atoms with Gasteiger partial charge in [-0.25, -0.2) is 0 Å². The Bertz CT molecular complexity index is 973. The van der Waals surface area contributed by atoms with Gasteiger partial charge in [0.1, 0.15) is 12.3 Å². The number of aromatic hydroxyl groups is 1. The first-order valence-electron chi connectivity index (χ1n) is 8.66. The first-order chi connectivity index (χ1) is 13.2. The minimum absolute atomic E-state index is 0.207. The van der Waals surface area contributed by atoms with Crippen molar-refractivity contribution in [1.29, 1.82) is 0 Å². The molecule has 2 aromatic rings. The molecule has 1 aliphatic heterocycles. The SMILES string of the molecule is Cc1ccc(NC(=O)CN2C(=O)S/C(=C\c3cc(C)c(O)c(C)c3)C2=O)cc1. The molecule has 3 amide bonds. The van der Waals surface area contributed by atoms with E-state index < -0.39 is 17.1 Å². The number of hydrogen-bond acceptors (Lipinski definition) is 5. The van der Waals surface area contributed by atoms with E-state index in [1.54, 1.807) is 44.2 Å². The topological polar surface area (TPSA) is 86.7 Å². The van der Waals surface area contributed by atoms with Gasteiger partial charge < -0.3 is 10.4 Å². The standard InChI is InChI=1S/C21H20N2O4S/c1-12-4-6-16(7-5-12)22-18(24)11-23-20(26)17(28-21(23)27)10-15-8-13(2)19(25)14(3)9-15/h4-10,25H,11H2,1-3H3,(H,22,24)/b17-10-. The third-order valence-corrected chi connectivity index (χ3v) is 5.23. The van der Waals surface area contributed by atoms with Gasteiger partial charge in [-0.05, 0) is 79.6 Å². The number of nitrogens with one attached hydrogen (secondary N) is 1. The number of thioether (sulfide) groups is 1. The molecule has 0 bridgehead atoms. The number of carbonyl (C=O) groups is 3. The molecule has 1 aliphatic rings. The van der Waals surface area contributed by atoms with Gasteiger partial charge in [0.15, 0.2) is 0 Å². The molecule has 1 heterocycles. The minimum Gasteiger partial charge on any atom is -0.507 e. The van der Waals surface area contributed by atoms with Crippen LogP contribution in [0.4, 0.5) is 10.5 Å². The lowest BCUT2D eigenvalue weighted by atomic mass is 10.1. The van der Waals surface area contributed by atoms with Crippen molar-refractivity contribution in [3.63, 3.8) is 0 Å². The molecule has 28 heavy (non-hydrogen) atoms. The van der Waals surface area contributed by atoms with Crippen LogP contribution in [-0.2, 0) is 9.59 Å². The maximum atomic E-state index is 12.6. The van der Waals surface area contributed by atoms with Crippen molar-refractivity contribution in [2.24, 2.45) is 0 Å². The van der Waals surface area contributed by atoms with Gasteiger partial charge in [0.25, 0.3) is 11.1 Å². The van der Waals surface area contributed by atoms with Crippen LogP contribution in [0.3, 0.4) is 0 Å². The Hall–Kier alpha value is -3.06. The first kappa shape index (κ1) is 19.7. The molecule has 2 aromatic carbocycles. The number of benzene rings is 2. The minimum atomic E-state index is -0.502. The van der Waals surface area contributed by atoms with Crippen molar-refractivity contribution in [3.8, 4) is 5.75 Å². The van der Waals surface area contributed by atoms with Crippen LogP contribution in [0.2, 0.25) is 0 Å². The Kier molecular flexibility index (Phi) is 5.56. The summed E-state index contributed by atoms with van der Waals surface area (Å²) in [6, 6.07) is 10.7. The molecular weight excluding hydrogens is 376 g/mol. The number of aryl methyl sites for hydroxylation is 3. The second-order valence-electron chi connectivity index (χ2n) is 6.69. The lowest BCUT2D eigenvalue weighted by Gasteiger charge is -2.12. The summed E-state index contributed by atoms with van der Waals surface area (Å²) >= 11 is 0.799. The van der Waals surface area contributed by atoms with Crippen LogP contribution < -0.4 is 5.32 Å². The predicted molar refractivity (Wildman–Crippen MR) is 110 cm³/mol. The van der Waals surface area contributed by atoms with Crippen LogP contribution in [0.15, 0.2) is 41.3 Å². The summed E-state index contributed by atoms with van der Waals surface area (Å²) in [6.45, 7) is 5.13. The van der Waals surface area contributed by atoms with Crippen molar-refractivity contribution in [1.82, 2.24) is 4.90 Å². The number of hydrogen-bond donors (Lipinski definition) is 2. The van der Waals surface area contributed by atoms with Crippen molar-refractivity contribution < 1.29 is 19.5 Å². The summed E-state index contributed by atoms with van der Waals surface area (Å²) in [4.78, 5) is 38.2. The van der Waals surface area contributed by atoms with E-state index in [1.165, 1.54) is 0 Å². The fourth-order valence-corrected chi connectivity index (χ4v) is 3.68. The molecule has 0 aliphatic carbocycles. The maximum Gasteiger partial charge on any atom is 0.294 e. The first-order valence-corrected chi connectivity index (χ1v) is 9.48. The van der Waals surface area contributed by atoms with Gasteiger partial charge in [-0.15, -0.1) is 0 Å². The van der Waals surface area contributed by atoms with Gasteiger partial charge in [-0.3, -0.25) is 19.3 Å². The molecule has 1 saturated heterocycles. The molecule has 0 radical (unpaired) electrons. The van der Waals surface area contributed by atoms with Gasteiger partial charge in [0.05, 0.1) is 4.91 Å². The number of carbonyl (C=O) groups excluding carboxylic acids is 3. The molecule has 0 atom stereocenters. The number of phenols is 1. The van der Waals surface area contributed by atoms with E-state index in [4.69, 9.17) is 0 Å². The molecule has 3 rings (SSSR count). The third kappa shape index (κ3) is 4.26. The monoisotopic (exact) mass is 396 g/mol. The summed E-state index contributed by atoms with van der Waals surface area (Å²) in [5.74, 6) is -0.737. The Morgan fingerprint density at radius 1 is 1.11 bits per heavy atom. The van der Waals surface area contributed by atoms with Gasteiger partial charge in [-0.2, -0.15) is 0 Å². The van der Waals surface area contributed by atoms with E-state index in [-0.39, 0.29) is 17.2 Å². The second-order valence-corrected chi connectivity index (χ2v) is 7.68. The number of anilines is 1. The Labute approximate surface area is 167 Å². The summed E-state index contributed by atoms with van der Waals surface area (Å²) < 4.78 is 0. The number of rotatable bonds is 4. The average Bonchev–Trinajstić information content (AvgIpc) is 2.89. The zero-order chi connectivity index (χ0) is 20.4. The summed E-state index contributed by atoms with van der Waals surface area (Å²) in [5.41, 5.74) is 3.75. The zero-order valence-corrected chi connectivity index (χ0v) is 16.6. The normalized spacial score (nSPS) is 15.4. The highest BCUT2D eigenvalue weighted by molar-refractivity contribution is 8.18. The molecular formula is C21H20N2O4S. The fourth-order valence-electron chi connectivity index (χ4n) is 2.84. The van der Waals surface area contributed by atoms with E-state index in [0.717, 1.165) is 22.2 Å². The summed E-state index contributed by atoms with van der Waals surface area (Å²) in [5, 5.41) is 12.1. The Balaban J connectivity index is 1.72. The number of phenolic OH excluding ortho intramolecular Hbond substituents is 1. The third-order valence-electron chi connectivity index (χ3n) is 4.32. The molecule has 6 nitrogen and oxygen atoms in total. The predicted octanol–water partition coefficient (Wildman–Crippen LogP) is 3.99. The largest absolute Gasteiger partial charge is 0.507 e. The Morgan fingerprint density at radius 2 is 1.71 bits per heavy atom. The van der Waals surface area contributed by atoms with Crippen molar-refractivity contribution >= 4 is 40.6 Å². The fraction of sp³-hybridized carbons (Fsp3) is 0.190. The van der Waals surface area contributed by atoms with Crippen LogP contribution in [0.5, 0.6) is 5.75 Å². The molecule has 0 spiro atoms. The average molecular weight is 396 g/mol. The van der Waals surface area contributed by atoms with E-state index in [1.807, 2.05) is 19.1 Å². The van der Waals surface area contributed by atoms with E-state index in [9.17, 15) is 19.5 Å². The van der Waals surface area contributed by atoms with Crippen LogP contribution in [0, 0.1) is 20.8 Å². The van der Waals surface area contributed by atoms with Gasteiger partial charge in [0, 0.05) is 5.69 Å². The van der Waals surface area contributed by atoms with Gasteiger partial charge in [0.2, 0.25) is 5.91 Å². The molecule has 0 aromatic heterocycles. The van der Waals surface area contributed by atoms with Crippen LogP contribution >= 0.6 is 11.8 Å². The van der Waals surface area contributed by atoms with Crippen LogP contribution in [0.25, 0.3) is 6.08 Å². The smallest absolute Gasteiger partial charge is 0.294 e. The van der Waals surface area contributed by atoms with Crippen LogP contribution in [-0.4, -0.2) is 33.6 Å². The van der Waals surface area contributed by atoms with Gasteiger partial charge >= 0.3 is 0 Å².